The molecule has 0 spiro atoms. The summed E-state index contributed by atoms with van der Waals surface area (Å²) in [7, 11) is 0. The van der Waals surface area contributed by atoms with Crippen molar-refractivity contribution >= 4 is 17.7 Å². The van der Waals surface area contributed by atoms with Crippen LogP contribution in [0.5, 0.6) is 0 Å². The van der Waals surface area contributed by atoms with E-state index in [0.717, 1.165) is 0 Å². The molecule has 0 saturated carbocycles. The molecule has 0 saturated heterocycles. The number of rotatable bonds is 6. The highest BCUT2D eigenvalue weighted by atomic mass is 16.5. The second-order valence-electron chi connectivity index (χ2n) is 6.47. The van der Waals surface area contributed by atoms with E-state index in [4.69, 9.17) is 13.9 Å². The predicted octanol–water partition coefficient (Wildman–Crippen LogP) is 3.75. The zero-order valence-corrected chi connectivity index (χ0v) is 16.7. The Hall–Kier alpha value is -2.83. The van der Waals surface area contributed by atoms with E-state index >= 15 is 0 Å². The zero-order valence-electron chi connectivity index (χ0n) is 16.7. The van der Waals surface area contributed by atoms with Crippen LogP contribution in [-0.2, 0) is 9.47 Å². The molecule has 0 fully saturated rings. The highest BCUT2D eigenvalue weighted by Crippen LogP contribution is 2.24. The highest BCUT2D eigenvalue weighted by molar-refractivity contribution is 6.04. The molecule has 0 aliphatic carbocycles. The minimum absolute atomic E-state index is 0.229. The van der Waals surface area contributed by atoms with Crippen molar-refractivity contribution in [2.45, 2.75) is 54.6 Å². The largest absolute Gasteiger partial charge is 0.465 e. The molecule has 0 bridgehead atoms. The van der Waals surface area contributed by atoms with Crippen LogP contribution in [0.4, 0.5) is 0 Å². The summed E-state index contributed by atoms with van der Waals surface area (Å²) in [4.78, 5) is 40.2. The van der Waals surface area contributed by atoms with Gasteiger partial charge < -0.3 is 18.9 Å². The lowest BCUT2D eigenvalue weighted by atomic mass is 10.1. The third kappa shape index (κ3) is 3.82. The van der Waals surface area contributed by atoms with Crippen molar-refractivity contribution in [3.63, 3.8) is 0 Å². The van der Waals surface area contributed by atoms with Crippen molar-refractivity contribution < 1.29 is 28.3 Å². The van der Waals surface area contributed by atoms with E-state index in [2.05, 4.69) is 4.98 Å². The zero-order chi connectivity index (χ0) is 20.5. The first-order valence-electron chi connectivity index (χ1n) is 8.78. The number of carbonyl (C=O) groups excluding carboxylic acids is 3. The van der Waals surface area contributed by atoms with Crippen LogP contribution >= 0.6 is 0 Å². The van der Waals surface area contributed by atoms with E-state index in [1.165, 1.54) is 6.92 Å². The lowest BCUT2D eigenvalue weighted by Crippen LogP contribution is -2.25. The first-order chi connectivity index (χ1) is 12.6. The maximum atomic E-state index is 12.8. The summed E-state index contributed by atoms with van der Waals surface area (Å²) in [5.74, 6) is -0.448. The van der Waals surface area contributed by atoms with Gasteiger partial charge in [-0.15, -0.1) is 0 Å². The van der Waals surface area contributed by atoms with Gasteiger partial charge in [-0.05, 0) is 54.0 Å². The Bertz CT molecular complexity index is 902. The van der Waals surface area contributed by atoms with E-state index in [1.807, 2.05) is 0 Å². The van der Waals surface area contributed by atoms with Crippen molar-refractivity contribution in [2.75, 3.05) is 6.61 Å². The molecule has 0 unspecified atom stereocenters. The number of hydrogen-bond donors (Lipinski definition) is 1. The van der Waals surface area contributed by atoms with Gasteiger partial charge >= 0.3 is 11.9 Å². The van der Waals surface area contributed by atoms with Crippen LogP contribution in [0.15, 0.2) is 4.42 Å². The number of aryl methyl sites for hydroxylation is 3. The van der Waals surface area contributed by atoms with Gasteiger partial charge in [-0.3, -0.25) is 4.79 Å². The Morgan fingerprint density at radius 1 is 0.963 bits per heavy atom. The van der Waals surface area contributed by atoms with Crippen molar-refractivity contribution in [1.82, 2.24) is 4.98 Å². The van der Waals surface area contributed by atoms with Crippen LogP contribution in [0, 0.1) is 34.6 Å². The molecule has 7 nitrogen and oxygen atoms in total. The lowest BCUT2D eigenvalue weighted by Gasteiger charge is -2.12. The molecule has 146 valence electrons. The van der Waals surface area contributed by atoms with Gasteiger partial charge in [0, 0.05) is 11.3 Å². The van der Waals surface area contributed by atoms with Crippen LogP contribution in [0.1, 0.15) is 73.4 Å². The topological polar surface area (TPSA) is 98.6 Å². The fraction of sp³-hybridized carbons (Fsp3) is 0.450. The minimum atomic E-state index is -1.03. The SMILES string of the molecule is CCOC(=O)c1c(C)[nH]c(C(=O)[C@H](C)OC(=O)c2c(C)oc(C)c2C)c1C. The van der Waals surface area contributed by atoms with Gasteiger partial charge in [0.05, 0.1) is 17.9 Å². The fourth-order valence-corrected chi connectivity index (χ4v) is 3.08. The molecule has 1 atom stereocenters. The Labute approximate surface area is 158 Å². The fourth-order valence-electron chi connectivity index (χ4n) is 3.08. The molecule has 27 heavy (non-hydrogen) atoms. The number of ketones is 1. The maximum Gasteiger partial charge on any atom is 0.342 e. The number of ether oxygens (including phenoxy) is 2. The molecule has 0 aliphatic rings. The molecule has 2 aromatic rings. The van der Waals surface area contributed by atoms with Crippen LogP contribution in [0.2, 0.25) is 0 Å². The molecular formula is C20H25NO6. The number of aromatic amines is 1. The molecule has 0 aliphatic heterocycles. The van der Waals surface area contributed by atoms with Gasteiger partial charge in [0.15, 0.2) is 6.10 Å². The van der Waals surface area contributed by atoms with E-state index in [9.17, 15) is 14.4 Å². The van der Waals surface area contributed by atoms with Gasteiger partial charge in [-0.1, -0.05) is 0 Å². The quantitative estimate of drug-likeness (QED) is 0.610. The molecule has 7 heteroatoms. The molecule has 1 N–H and O–H groups in total. The predicted molar refractivity (Wildman–Crippen MR) is 98.4 cm³/mol. The first kappa shape index (κ1) is 20.5. The molecule has 0 amide bonds. The number of H-pyrrole nitrogens is 1. The van der Waals surface area contributed by atoms with Crippen LogP contribution in [0.25, 0.3) is 0 Å². The number of Topliss-reactive ketones (excluding diaryl/α,β-unsaturated/α-hetero) is 1. The Balaban J connectivity index is 2.24. The molecule has 0 aromatic carbocycles. The summed E-state index contributed by atoms with van der Waals surface area (Å²) in [5, 5.41) is 0. The summed E-state index contributed by atoms with van der Waals surface area (Å²) < 4.78 is 15.8. The van der Waals surface area contributed by atoms with E-state index in [0.29, 0.717) is 39.5 Å². The van der Waals surface area contributed by atoms with Crippen LogP contribution < -0.4 is 0 Å². The average Bonchev–Trinajstić information content (AvgIpc) is 3.01. The summed E-state index contributed by atoms with van der Waals surface area (Å²) in [6.07, 6.45) is -1.03. The van der Waals surface area contributed by atoms with Gasteiger partial charge in [0.1, 0.15) is 17.1 Å². The first-order valence-corrected chi connectivity index (χ1v) is 8.78. The van der Waals surface area contributed by atoms with Crippen molar-refractivity contribution in [3.8, 4) is 0 Å². The van der Waals surface area contributed by atoms with Gasteiger partial charge in [0.2, 0.25) is 5.78 Å². The third-order valence-electron chi connectivity index (χ3n) is 4.58. The molecule has 2 rings (SSSR count). The molecule has 2 heterocycles. The number of furan rings is 1. The highest BCUT2D eigenvalue weighted by Gasteiger charge is 2.29. The second kappa shape index (κ2) is 7.82. The van der Waals surface area contributed by atoms with Gasteiger partial charge in [-0.25, -0.2) is 9.59 Å². The van der Waals surface area contributed by atoms with Crippen LogP contribution in [-0.4, -0.2) is 35.4 Å². The Kier molecular flexibility index (Phi) is 5.93. The van der Waals surface area contributed by atoms with E-state index in [-0.39, 0.29) is 12.3 Å². The number of esters is 2. The molecule has 0 radical (unpaired) electrons. The normalized spacial score (nSPS) is 12.0. The number of carbonyl (C=O) groups is 3. The van der Waals surface area contributed by atoms with E-state index < -0.39 is 23.8 Å². The van der Waals surface area contributed by atoms with Gasteiger partial charge in [0.25, 0.3) is 0 Å². The number of hydrogen-bond acceptors (Lipinski definition) is 6. The average molecular weight is 375 g/mol. The number of aromatic nitrogens is 1. The molecular weight excluding hydrogens is 350 g/mol. The third-order valence-corrected chi connectivity index (χ3v) is 4.58. The molecule has 2 aromatic heterocycles. The smallest absolute Gasteiger partial charge is 0.342 e. The van der Waals surface area contributed by atoms with Crippen molar-refractivity contribution in [1.29, 1.82) is 0 Å². The Morgan fingerprint density at radius 2 is 1.59 bits per heavy atom. The maximum absolute atomic E-state index is 12.8. The van der Waals surface area contributed by atoms with Crippen molar-refractivity contribution in [3.05, 3.63) is 45.2 Å². The number of nitrogens with one attached hydrogen (secondary N) is 1. The Morgan fingerprint density at radius 3 is 2.11 bits per heavy atom. The minimum Gasteiger partial charge on any atom is -0.465 e. The summed E-state index contributed by atoms with van der Waals surface area (Å²) >= 11 is 0. The summed E-state index contributed by atoms with van der Waals surface area (Å²) in [5.41, 5.74) is 2.59. The lowest BCUT2D eigenvalue weighted by molar-refractivity contribution is 0.0314. The second-order valence-corrected chi connectivity index (χ2v) is 6.47. The van der Waals surface area contributed by atoms with E-state index in [1.54, 1.807) is 41.5 Å². The standard InChI is InChI=1S/C20H25NO6/c1-8-25-19(23)15-10(3)17(21-11(15)4)18(22)14(7)27-20(24)16-9(2)12(5)26-13(16)6/h14,21H,8H2,1-7H3/t14-/m0/s1. The monoisotopic (exact) mass is 375 g/mol. The van der Waals surface area contributed by atoms with Crippen molar-refractivity contribution in [2.24, 2.45) is 0 Å². The summed E-state index contributed by atoms with van der Waals surface area (Å²) in [6.45, 7) is 12.0. The van der Waals surface area contributed by atoms with Gasteiger partial charge in [-0.2, -0.15) is 0 Å². The van der Waals surface area contributed by atoms with Crippen LogP contribution in [0.3, 0.4) is 0 Å². The summed E-state index contributed by atoms with van der Waals surface area (Å²) in [6, 6.07) is 0.